The van der Waals surface area contributed by atoms with Gasteiger partial charge in [-0.3, -0.25) is 14.4 Å². The summed E-state index contributed by atoms with van der Waals surface area (Å²) in [6.45, 7) is 0.150. The first-order valence-electron chi connectivity index (χ1n) is 11.8. The van der Waals surface area contributed by atoms with Gasteiger partial charge in [0.25, 0.3) is 11.8 Å². The van der Waals surface area contributed by atoms with Gasteiger partial charge in [0.05, 0.1) is 12.8 Å². The molecule has 200 valence electrons. The fraction of sp³-hybridized carbons (Fsp3) is 0.143. The molecule has 0 saturated carbocycles. The number of hydrogen-bond donors (Lipinski definition) is 3. The van der Waals surface area contributed by atoms with Gasteiger partial charge < -0.3 is 26.4 Å². The second kappa shape index (κ2) is 12.2. The van der Waals surface area contributed by atoms with Crippen molar-refractivity contribution in [1.82, 2.24) is 14.6 Å². The highest BCUT2D eigenvalue weighted by molar-refractivity contribution is 7.09. The van der Waals surface area contributed by atoms with Crippen molar-refractivity contribution in [2.45, 2.75) is 19.1 Å². The van der Waals surface area contributed by atoms with E-state index in [0.29, 0.717) is 16.9 Å². The second-order valence-corrected chi connectivity index (χ2v) is 9.35. The van der Waals surface area contributed by atoms with Gasteiger partial charge in [0.1, 0.15) is 22.5 Å². The molecule has 0 radical (unpaired) electrons. The van der Waals surface area contributed by atoms with E-state index in [2.05, 4.69) is 9.69 Å². The van der Waals surface area contributed by atoms with Crippen LogP contribution in [0.15, 0.2) is 78.9 Å². The molecular weight excluding hydrogens is 521 g/mol. The van der Waals surface area contributed by atoms with E-state index in [0.717, 1.165) is 17.1 Å². The number of anilines is 1. The van der Waals surface area contributed by atoms with E-state index in [1.807, 2.05) is 30.3 Å². The molecule has 5 N–H and O–H groups in total. The molecule has 0 aliphatic carbocycles. The summed E-state index contributed by atoms with van der Waals surface area (Å²) in [5.74, 6) is -1.76. The minimum absolute atomic E-state index is 0.00965. The van der Waals surface area contributed by atoms with Crippen LogP contribution in [0.4, 0.5) is 10.1 Å². The number of rotatable bonds is 10. The molecule has 1 heterocycles. The first kappa shape index (κ1) is 27.3. The van der Waals surface area contributed by atoms with Gasteiger partial charge in [-0.25, -0.2) is 4.39 Å². The predicted octanol–water partition coefficient (Wildman–Crippen LogP) is 3.67. The number of ether oxygens (including phenoxy) is 1. The number of aromatic nitrogens is 1. The Morgan fingerprint density at radius 2 is 1.67 bits per heavy atom. The summed E-state index contributed by atoms with van der Waals surface area (Å²) in [6.07, 6.45) is 0. The van der Waals surface area contributed by atoms with E-state index >= 15 is 0 Å². The van der Waals surface area contributed by atoms with Gasteiger partial charge in [-0.05, 0) is 52.5 Å². The molecule has 39 heavy (non-hydrogen) atoms. The molecule has 1 aromatic heterocycles. The van der Waals surface area contributed by atoms with E-state index in [1.54, 1.807) is 36.4 Å². The van der Waals surface area contributed by atoms with Crippen LogP contribution in [0.5, 0.6) is 5.75 Å². The van der Waals surface area contributed by atoms with E-state index in [4.69, 9.17) is 16.2 Å². The second-order valence-electron chi connectivity index (χ2n) is 8.58. The number of nitrogens with two attached hydrogens (primary N) is 2. The Kier molecular flexibility index (Phi) is 8.52. The van der Waals surface area contributed by atoms with E-state index < -0.39 is 29.6 Å². The normalized spacial score (nSPS) is 11.4. The Balaban J connectivity index is 1.76. The number of carbonyl (C=O) groups is 3. The lowest BCUT2D eigenvalue weighted by atomic mass is 10.0. The lowest BCUT2D eigenvalue weighted by Crippen LogP contribution is -2.43. The fourth-order valence-electron chi connectivity index (χ4n) is 3.97. The Labute approximate surface area is 228 Å². The van der Waals surface area contributed by atoms with Crippen LogP contribution in [0.3, 0.4) is 0 Å². The third kappa shape index (κ3) is 6.39. The highest BCUT2D eigenvalue weighted by atomic mass is 32.1. The molecule has 9 nitrogen and oxygen atoms in total. The Morgan fingerprint density at radius 1 is 1.00 bits per heavy atom. The third-order valence-corrected chi connectivity index (χ3v) is 6.83. The molecule has 0 spiro atoms. The van der Waals surface area contributed by atoms with Crippen LogP contribution >= 0.6 is 11.5 Å². The smallest absolute Gasteiger partial charge is 0.270 e. The number of benzene rings is 3. The zero-order valence-electron chi connectivity index (χ0n) is 21.0. The standard InChI is InChI=1S/C28H26FN5O4S/c1-38-21-13-9-19(10-14-21)24(27(36)32-15-17-7-11-20(29)12-8-17)34(16-18-5-3-2-4-6-18)28(37)25-22(30)23(26(31)35)33-39-25/h2-14,24H,15-16,30H2,1H3,(H2,31,35)(H,32,36)/t24-/m1/s1. The number of amides is 3. The van der Waals surface area contributed by atoms with E-state index in [-0.39, 0.29) is 29.3 Å². The summed E-state index contributed by atoms with van der Waals surface area (Å²) in [5, 5.41) is 2.85. The summed E-state index contributed by atoms with van der Waals surface area (Å²) in [7, 11) is 1.52. The van der Waals surface area contributed by atoms with Crippen molar-refractivity contribution in [3.8, 4) is 5.75 Å². The minimum atomic E-state index is -1.11. The van der Waals surface area contributed by atoms with Crippen molar-refractivity contribution in [3.05, 3.63) is 112 Å². The Morgan fingerprint density at radius 3 is 2.26 bits per heavy atom. The van der Waals surface area contributed by atoms with Crippen LogP contribution in [0, 0.1) is 5.82 Å². The monoisotopic (exact) mass is 547 g/mol. The number of carbonyl (C=O) groups excluding carboxylic acids is 3. The molecule has 0 saturated heterocycles. The molecule has 0 aliphatic heterocycles. The maximum atomic E-state index is 14.0. The highest BCUT2D eigenvalue weighted by Gasteiger charge is 2.35. The quantitative estimate of drug-likeness (QED) is 0.277. The average Bonchev–Trinajstić information content (AvgIpc) is 3.34. The topological polar surface area (TPSA) is 141 Å². The molecule has 11 heteroatoms. The fourth-order valence-corrected chi connectivity index (χ4v) is 4.73. The van der Waals surface area contributed by atoms with Crippen molar-refractivity contribution >= 4 is 34.9 Å². The minimum Gasteiger partial charge on any atom is -0.497 e. The number of halogens is 1. The van der Waals surface area contributed by atoms with Crippen molar-refractivity contribution in [1.29, 1.82) is 0 Å². The van der Waals surface area contributed by atoms with E-state index in [9.17, 15) is 18.8 Å². The average molecular weight is 548 g/mol. The summed E-state index contributed by atoms with van der Waals surface area (Å²) in [5.41, 5.74) is 13.0. The van der Waals surface area contributed by atoms with Crippen molar-refractivity contribution < 1.29 is 23.5 Å². The first-order chi connectivity index (χ1) is 18.8. The van der Waals surface area contributed by atoms with Gasteiger partial charge in [-0.1, -0.05) is 54.6 Å². The van der Waals surface area contributed by atoms with Gasteiger partial charge in [-0.15, -0.1) is 0 Å². The maximum absolute atomic E-state index is 14.0. The van der Waals surface area contributed by atoms with Gasteiger partial charge in [-0.2, -0.15) is 4.37 Å². The number of primary amides is 1. The number of hydrogen-bond acceptors (Lipinski definition) is 7. The SMILES string of the molecule is COc1ccc([C@H](C(=O)NCc2ccc(F)cc2)N(Cc2ccccc2)C(=O)c2snc(C(N)=O)c2N)cc1. The summed E-state index contributed by atoms with van der Waals surface area (Å²) in [4.78, 5) is 40.9. The van der Waals surface area contributed by atoms with Gasteiger partial charge in [0.2, 0.25) is 5.91 Å². The molecule has 0 fully saturated rings. The van der Waals surface area contributed by atoms with Crippen molar-refractivity contribution in [3.63, 3.8) is 0 Å². The molecule has 3 aromatic carbocycles. The van der Waals surface area contributed by atoms with Crippen LogP contribution in [0.1, 0.15) is 42.9 Å². The largest absolute Gasteiger partial charge is 0.497 e. The van der Waals surface area contributed by atoms with Crippen LogP contribution in [-0.2, 0) is 17.9 Å². The Hall–Kier alpha value is -4.77. The van der Waals surface area contributed by atoms with Crippen LogP contribution in [0.2, 0.25) is 0 Å². The van der Waals surface area contributed by atoms with Crippen LogP contribution in [0.25, 0.3) is 0 Å². The van der Waals surface area contributed by atoms with Gasteiger partial charge in [0.15, 0.2) is 5.69 Å². The molecule has 0 aliphatic rings. The number of nitrogens with zero attached hydrogens (tertiary/aromatic N) is 2. The van der Waals surface area contributed by atoms with Crippen molar-refractivity contribution in [2.75, 3.05) is 12.8 Å². The molecular formula is C28H26FN5O4S. The predicted molar refractivity (Wildman–Crippen MR) is 145 cm³/mol. The lowest BCUT2D eigenvalue weighted by Gasteiger charge is -2.31. The molecule has 0 unspecified atom stereocenters. The van der Waals surface area contributed by atoms with Gasteiger partial charge in [0, 0.05) is 13.1 Å². The van der Waals surface area contributed by atoms with Gasteiger partial charge >= 0.3 is 0 Å². The summed E-state index contributed by atoms with van der Waals surface area (Å²) < 4.78 is 22.6. The molecule has 0 bridgehead atoms. The van der Waals surface area contributed by atoms with Crippen molar-refractivity contribution in [2.24, 2.45) is 5.73 Å². The number of nitrogens with one attached hydrogen (secondary N) is 1. The maximum Gasteiger partial charge on any atom is 0.270 e. The number of methoxy groups -OCH3 is 1. The molecule has 4 rings (SSSR count). The number of nitrogen functional groups attached to an aromatic ring is 1. The molecule has 3 amide bonds. The summed E-state index contributed by atoms with van der Waals surface area (Å²) in [6, 6.07) is 20.5. The third-order valence-electron chi connectivity index (χ3n) is 5.98. The highest BCUT2D eigenvalue weighted by Crippen LogP contribution is 2.31. The zero-order valence-corrected chi connectivity index (χ0v) is 21.8. The zero-order chi connectivity index (χ0) is 27.9. The van der Waals surface area contributed by atoms with Crippen LogP contribution in [-0.4, -0.2) is 34.1 Å². The van der Waals surface area contributed by atoms with Crippen LogP contribution < -0.4 is 21.5 Å². The summed E-state index contributed by atoms with van der Waals surface area (Å²) >= 11 is 0.739. The molecule has 1 atom stereocenters. The Bertz CT molecular complexity index is 1460. The van der Waals surface area contributed by atoms with E-state index in [1.165, 1.54) is 24.1 Å². The lowest BCUT2D eigenvalue weighted by molar-refractivity contribution is -0.126. The first-order valence-corrected chi connectivity index (χ1v) is 12.6. The molecule has 4 aromatic rings.